The molecule has 0 saturated carbocycles. The van der Waals surface area contributed by atoms with Crippen molar-refractivity contribution in [3.05, 3.63) is 47.5 Å². The van der Waals surface area contributed by atoms with Gasteiger partial charge in [0.25, 0.3) is 5.91 Å². The Morgan fingerprint density at radius 2 is 1.76 bits per heavy atom. The summed E-state index contributed by atoms with van der Waals surface area (Å²) in [5.41, 5.74) is 1.72. The van der Waals surface area contributed by atoms with E-state index in [1.807, 2.05) is 13.8 Å². The molecule has 0 radical (unpaired) electrons. The zero-order valence-electron chi connectivity index (χ0n) is 11.9. The molecule has 0 bridgehead atoms. The number of amides is 1. The molecule has 5 heteroatoms. The number of carbonyl (C=O) groups excluding carboxylic acids is 1. The van der Waals surface area contributed by atoms with Gasteiger partial charge in [-0.15, -0.1) is 0 Å². The van der Waals surface area contributed by atoms with Crippen LogP contribution in [0.1, 0.15) is 22.8 Å². The zero-order valence-corrected chi connectivity index (χ0v) is 11.9. The summed E-state index contributed by atoms with van der Waals surface area (Å²) in [6, 6.07) is 8.75. The molecule has 0 aromatic heterocycles. The average Bonchev–Trinajstić information content (AvgIpc) is 2.46. The number of aromatic hydroxyl groups is 3. The van der Waals surface area contributed by atoms with Crippen LogP contribution < -0.4 is 4.90 Å². The van der Waals surface area contributed by atoms with E-state index in [2.05, 4.69) is 0 Å². The van der Waals surface area contributed by atoms with E-state index in [0.29, 0.717) is 12.2 Å². The summed E-state index contributed by atoms with van der Waals surface area (Å²) in [7, 11) is 0. The molecule has 3 N–H and O–H groups in total. The van der Waals surface area contributed by atoms with Gasteiger partial charge in [-0.05, 0) is 43.7 Å². The van der Waals surface area contributed by atoms with E-state index < -0.39 is 0 Å². The number of hydrogen-bond acceptors (Lipinski definition) is 4. The van der Waals surface area contributed by atoms with Crippen LogP contribution in [0.15, 0.2) is 36.4 Å². The summed E-state index contributed by atoms with van der Waals surface area (Å²) in [6.45, 7) is 4.07. The van der Waals surface area contributed by atoms with Crippen molar-refractivity contribution in [3.63, 3.8) is 0 Å². The van der Waals surface area contributed by atoms with Gasteiger partial charge in [0, 0.05) is 18.2 Å². The van der Waals surface area contributed by atoms with Crippen molar-refractivity contribution < 1.29 is 20.1 Å². The van der Waals surface area contributed by atoms with Crippen molar-refractivity contribution in [1.82, 2.24) is 0 Å². The number of phenols is 3. The fourth-order valence-electron chi connectivity index (χ4n) is 2.12. The molecule has 0 fully saturated rings. The van der Waals surface area contributed by atoms with Gasteiger partial charge in [0.2, 0.25) is 0 Å². The first-order valence-electron chi connectivity index (χ1n) is 6.57. The van der Waals surface area contributed by atoms with Crippen LogP contribution in [0.25, 0.3) is 0 Å². The molecule has 0 atom stereocenters. The molecule has 2 aromatic rings. The fourth-order valence-corrected chi connectivity index (χ4v) is 2.12. The van der Waals surface area contributed by atoms with Crippen molar-refractivity contribution in [1.29, 1.82) is 0 Å². The molecule has 0 aliphatic heterocycles. The van der Waals surface area contributed by atoms with Gasteiger partial charge in [0.1, 0.15) is 5.75 Å². The first-order valence-corrected chi connectivity index (χ1v) is 6.57. The van der Waals surface area contributed by atoms with Crippen LogP contribution in [0.5, 0.6) is 17.2 Å². The van der Waals surface area contributed by atoms with Crippen LogP contribution in [-0.2, 0) is 0 Å². The first-order chi connectivity index (χ1) is 9.93. The third-order valence-electron chi connectivity index (χ3n) is 3.27. The number of phenolic OH excluding ortho intramolecular Hbond substituents is 3. The minimum atomic E-state index is -0.343. The van der Waals surface area contributed by atoms with Gasteiger partial charge in [-0.25, -0.2) is 0 Å². The van der Waals surface area contributed by atoms with Crippen LogP contribution >= 0.6 is 0 Å². The van der Waals surface area contributed by atoms with E-state index >= 15 is 0 Å². The lowest BCUT2D eigenvalue weighted by Crippen LogP contribution is -2.31. The topological polar surface area (TPSA) is 81.0 Å². The molecule has 1 amide bonds. The Morgan fingerprint density at radius 3 is 2.38 bits per heavy atom. The van der Waals surface area contributed by atoms with E-state index in [1.165, 1.54) is 29.2 Å². The highest BCUT2D eigenvalue weighted by molar-refractivity contribution is 6.06. The molecule has 0 spiro atoms. The van der Waals surface area contributed by atoms with Crippen LogP contribution in [0.3, 0.4) is 0 Å². The Balaban J connectivity index is 2.43. The van der Waals surface area contributed by atoms with Gasteiger partial charge in [-0.1, -0.05) is 6.07 Å². The Labute approximate surface area is 122 Å². The minimum Gasteiger partial charge on any atom is -0.508 e. The number of anilines is 1. The highest BCUT2D eigenvalue weighted by Gasteiger charge is 2.19. The Hall–Kier alpha value is -2.69. The molecule has 0 unspecified atom stereocenters. The van der Waals surface area contributed by atoms with Crippen molar-refractivity contribution >= 4 is 11.6 Å². The normalized spacial score (nSPS) is 10.4. The van der Waals surface area contributed by atoms with E-state index in [9.17, 15) is 20.1 Å². The molecular weight excluding hydrogens is 270 g/mol. The van der Waals surface area contributed by atoms with E-state index in [0.717, 1.165) is 5.56 Å². The lowest BCUT2D eigenvalue weighted by molar-refractivity contribution is 0.0987. The van der Waals surface area contributed by atoms with E-state index in [1.54, 1.807) is 12.1 Å². The molecule has 110 valence electrons. The highest BCUT2D eigenvalue weighted by atomic mass is 16.3. The number of nitrogens with zero attached hydrogens (tertiary/aromatic N) is 1. The molecule has 0 aliphatic carbocycles. The molecule has 0 saturated heterocycles. The quantitative estimate of drug-likeness (QED) is 0.758. The maximum Gasteiger partial charge on any atom is 0.258 e. The van der Waals surface area contributed by atoms with Gasteiger partial charge < -0.3 is 20.2 Å². The summed E-state index contributed by atoms with van der Waals surface area (Å²) >= 11 is 0. The Bertz CT molecular complexity index is 682. The van der Waals surface area contributed by atoms with E-state index in [4.69, 9.17) is 0 Å². The molecular formula is C16H17NO4. The molecule has 5 nitrogen and oxygen atoms in total. The van der Waals surface area contributed by atoms with Gasteiger partial charge in [-0.3, -0.25) is 4.79 Å². The lowest BCUT2D eigenvalue weighted by atomic mass is 10.1. The molecule has 2 aromatic carbocycles. The molecule has 2 rings (SSSR count). The second-order valence-corrected chi connectivity index (χ2v) is 4.72. The molecule has 0 heterocycles. The zero-order chi connectivity index (χ0) is 15.6. The number of rotatable bonds is 3. The average molecular weight is 287 g/mol. The van der Waals surface area contributed by atoms with Gasteiger partial charge in [-0.2, -0.15) is 0 Å². The second-order valence-electron chi connectivity index (χ2n) is 4.72. The van der Waals surface area contributed by atoms with Crippen molar-refractivity contribution in [2.75, 3.05) is 11.4 Å². The third-order valence-corrected chi connectivity index (χ3v) is 3.27. The largest absolute Gasteiger partial charge is 0.508 e. The van der Waals surface area contributed by atoms with Gasteiger partial charge >= 0.3 is 0 Å². The summed E-state index contributed by atoms with van der Waals surface area (Å²) in [5.74, 6) is -0.857. The Kier molecular flexibility index (Phi) is 4.03. The lowest BCUT2D eigenvalue weighted by Gasteiger charge is -2.23. The summed E-state index contributed by atoms with van der Waals surface area (Å²) in [5, 5.41) is 28.4. The smallest absolute Gasteiger partial charge is 0.258 e. The van der Waals surface area contributed by atoms with Crippen LogP contribution in [-0.4, -0.2) is 27.8 Å². The first kappa shape index (κ1) is 14.7. The molecule has 0 aliphatic rings. The predicted octanol–water partition coefficient (Wildman–Crippen LogP) is 2.78. The minimum absolute atomic E-state index is 0.0791. The monoisotopic (exact) mass is 287 g/mol. The summed E-state index contributed by atoms with van der Waals surface area (Å²) in [6.07, 6.45) is 0. The summed E-state index contributed by atoms with van der Waals surface area (Å²) < 4.78 is 0. The highest BCUT2D eigenvalue weighted by Crippen LogP contribution is 2.29. The predicted molar refractivity (Wildman–Crippen MR) is 80.0 cm³/mol. The number of hydrogen-bond donors (Lipinski definition) is 3. The van der Waals surface area contributed by atoms with Crippen LogP contribution in [0, 0.1) is 6.92 Å². The third kappa shape index (κ3) is 2.91. The van der Waals surface area contributed by atoms with Gasteiger partial charge in [0.15, 0.2) is 11.5 Å². The standard InChI is InChI=1S/C16H17NO4/c1-3-17(13-9-12(18)6-4-10(13)2)16(21)11-5-7-14(19)15(20)8-11/h4-9,18-20H,3H2,1-2H3. The Morgan fingerprint density at radius 1 is 1.05 bits per heavy atom. The maximum absolute atomic E-state index is 12.6. The fraction of sp³-hybridized carbons (Fsp3) is 0.188. The second kappa shape index (κ2) is 5.75. The van der Waals surface area contributed by atoms with Crippen LogP contribution in [0.4, 0.5) is 5.69 Å². The van der Waals surface area contributed by atoms with Crippen molar-refractivity contribution in [2.24, 2.45) is 0 Å². The van der Waals surface area contributed by atoms with E-state index in [-0.39, 0.29) is 28.7 Å². The SMILES string of the molecule is CCN(C(=O)c1ccc(O)c(O)c1)c1cc(O)ccc1C. The number of benzene rings is 2. The maximum atomic E-state index is 12.6. The molecule has 21 heavy (non-hydrogen) atoms. The van der Waals surface area contributed by atoms with Gasteiger partial charge in [0.05, 0.1) is 5.69 Å². The number of aryl methyl sites for hydroxylation is 1. The van der Waals surface area contributed by atoms with Crippen molar-refractivity contribution in [2.45, 2.75) is 13.8 Å². The van der Waals surface area contributed by atoms with Crippen molar-refractivity contribution in [3.8, 4) is 17.2 Å². The summed E-state index contributed by atoms with van der Waals surface area (Å²) in [4.78, 5) is 14.1. The van der Waals surface area contributed by atoms with Crippen LogP contribution in [0.2, 0.25) is 0 Å². The number of carbonyl (C=O) groups is 1.